The van der Waals surface area contributed by atoms with Crippen molar-refractivity contribution in [2.75, 3.05) is 31.6 Å². The molecule has 0 radical (unpaired) electrons. The third-order valence-corrected chi connectivity index (χ3v) is 10.3. The summed E-state index contributed by atoms with van der Waals surface area (Å²) in [4.78, 5) is 33.3. The number of aromatic nitrogens is 3. The first-order chi connectivity index (χ1) is 24.4. The molecule has 7 rings (SSSR count). The summed E-state index contributed by atoms with van der Waals surface area (Å²) in [5.41, 5.74) is 6.75. The summed E-state index contributed by atoms with van der Waals surface area (Å²) in [6, 6.07) is 14.3. The molecule has 3 saturated heterocycles. The molecule has 0 spiro atoms. The predicted octanol–water partition coefficient (Wildman–Crippen LogP) is 4.28. The maximum Gasteiger partial charge on any atom is 0.229 e. The number of piperazine rings is 1. The maximum atomic E-state index is 15.1. The topological polar surface area (TPSA) is 125 Å². The fourth-order valence-corrected chi connectivity index (χ4v) is 7.58. The second-order valence-electron chi connectivity index (χ2n) is 13.7. The Kier molecular flexibility index (Phi) is 10.4. The fourth-order valence-electron chi connectivity index (χ4n) is 7.58. The Hall–Kier alpha value is -4.39. The van der Waals surface area contributed by atoms with Crippen molar-refractivity contribution in [2.45, 2.75) is 90.3 Å². The highest BCUT2D eigenvalue weighted by Gasteiger charge is 2.37. The number of aryl methyl sites for hydroxylation is 2. The number of carbonyl (C=O) groups is 2. The zero-order valence-corrected chi connectivity index (χ0v) is 28.9. The summed E-state index contributed by atoms with van der Waals surface area (Å²) in [5, 5.41) is 18.5. The molecule has 4 N–H and O–H groups in total. The Morgan fingerprint density at radius 1 is 1.04 bits per heavy atom. The molecule has 12 heteroatoms. The van der Waals surface area contributed by atoms with Crippen LogP contribution in [0.15, 0.2) is 48.7 Å². The van der Waals surface area contributed by atoms with Gasteiger partial charge in [0.25, 0.3) is 0 Å². The molecule has 0 aliphatic carbocycles. The minimum Gasteiger partial charge on any atom is -0.381 e. The van der Waals surface area contributed by atoms with E-state index in [4.69, 9.17) is 9.72 Å². The third-order valence-electron chi connectivity index (χ3n) is 10.3. The number of likely N-dealkylation sites (tertiary alicyclic amines) is 1. The van der Waals surface area contributed by atoms with E-state index < -0.39 is 5.91 Å². The smallest absolute Gasteiger partial charge is 0.229 e. The Labute approximate surface area is 292 Å². The van der Waals surface area contributed by atoms with Gasteiger partial charge in [-0.15, -0.1) is 0 Å². The lowest BCUT2D eigenvalue weighted by atomic mass is 10.00. The first-order valence-electron chi connectivity index (χ1n) is 18.0. The summed E-state index contributed by atoms with van der Waals surface area (Å²) in [5.74, 6) is -1.10. The number of hydrogen-bond donors (Lipinski definition) is 4. The van der Waals surface area contributed by atoms with Crippen molar-refractivity contribution in [1.82, 2.24) is 35.6 Å². The van der Waals surface area contributed by atoms with Gasteiger partial charge in [-0.05, 0) is 67.5 Å². The SMILES string of the molecule is CCc1nc2c(cnn2CC)c(NC2CCOCC2)c1CNC(=O)CC(=O)NCc1ccc(F)c(-c2cccc(CN3C[C@@H]4CC3CN4)c2)c1. The van der Waals surface area contributed by atoms with E-state index in [0.717, 1.165) is 77.1 Å². The van der Waals surface area contributed by atoms with Gasteiger partial charge in [0.2, 0.25) is 11.8 Å². The van der Waals surface area contributed by atoms with Crippen molar-refractivity contribution < 1.29 is 18.7 Å². The Morgan fingerprint density at radius 2 is 1.86 bits per heavy atom. The number of ether oxygens (including phenoxy) is 1. The van der Waals surface area contributed by atoms with Crippen molar-refractivity contribution in [3.63, 3.8) is 0 Å². The van der Waals surface area contributed by atoms with E-state index in [0.29, 0.717) is 43.8 Å². The first kappa shape index (κ1) is 34.1. The minimum absolute atomic E-state index is 0.185. The molecule has 11 nitrogen and oxygen atoms in total. The molecular formula is C38H47FN8O3. The number of rotatable bonds is 13. The number of pyridine rings is 1. The molecule has 1 unspecified atom stereocenters. The van der Waals surface area contributed by atoms with Crippen molar-refractivity contribution in [3.8, 4) is 11.1 Å². The van der Waals surface area contributed by atoms with Crippen LogP contribution in [0.2, 0.25) is 0 Å². The average Bonchev–Trinajstić information content (AvgIpc) is 3.87. The van der Waals surface area contributed by atoms with Gasteiger partial charge in [-0.3, -0.25) is 14.5 Å². The normalized spacial score (nSPS) is 19.3. The standard InChI is InChI=1S/C38H47FN8O3/c1-3-34-31(37(44-27-10-12-50-13-11-27)32-21-43-47(4-2)38(32)45-34)20-42-36(49)17-35(48)41-18-24-8-9-33(39)30(15-24)26-7-5-6-25(14-26)22-46-23-28-16-29(46)19-40-28/h5-9,14-15,21,27-29,40H,3-4,10-13,16-20,22-23H2,1-2H3,(H,41,48)(H,42,49)(H,44,45)/t28-,29?/m0/s1. The predicted molar refractivity (Wildman–Crippen MR) is 191 cm³/mol. The van der Waals surface area contributed by atoms with Crippen LogP contribution >= 0.6 is 0 Å². The summed E-state index contributed by atoms with van der Waals surface area (Å²) < 4.78 is 22.5. The minimum atomic E-state index is -0.404. The molecule has 50 heavy (non-hydrogen) atoms. The summed E-state index contributed by atoms with van der Waals surface area (Å²) in [6.45, 7) is 9.52. The molecule has 0 saturated carbocycles. The van der Waals surface area contributed by atoms with Crippen LogP contribution in [-0.2, 0) is 46.9 Å². The average molecular weight is 683 g/mol. The highest BCUT2D eigenvalue weighted by Crippen LogP contribution is 2.32. The monoisotopic (exact) mass is 682 g/mol. The lowest BCUT2D eigenvalue weighted by Crippen LogP contribution is -2.42. The van der Waals surface area contributed by atoms with E-state index in [9.17, 15) is 9.59 Å². The fraction of sp³-hybridized carbons (Fsp3) is 0.474. The number of carbonyl (C=O) groups excluding carboxylic acids is 2. The molecule has 264 valence electrons. The lowest BCUT2D eigenvalue weighted by Gasteiger charge is -2.27. The number of hydrogen-bond acceptors (Lipinski definition) is 8. The number of nitrogens with one attached hydrogen (secondary N) is 4. The van der Waals surface area contributed by atoms with Gasteiger partial charge in [-0.25, -0.2) is 14.1 Å². The van der Waals surface area contributed by atoms with E-state index in [1.54, 1.807) is 12.1 Å². The highest BCUT2D eigenvalue weighted by molar-refractivity contribution is 5.97. The van der Waals surface area contributed by atoms with Gasteiger partial charge in [0.15, 0.2) is 5.65 Å². The molecular weight excluding hydrogens is 635 g/mol. The molecule has 2 aromatic carbocycles. The van der Waals surface area contributed by atoms with Gasteiger partial charge in [-0.1, -0.05) is 31.2 Å². The molecule has 2 amide bonds. The number of nitrogens with zero attached hydrogens (tertiary/aromatic N) is 4. The number of benzene rings is 2. The van der Waals surface area contributed by atoms with Gasteiger partial charge < -0.3 is 26.0 Å². The molecule has 3 aliphatic rings. The quantitative estimate of drug-likeness (QED) is 0.154. The van der Waals surface area contributed by atoms with E-state index in [2.05, 4.69) is 43.4 Å². The van der Waals surface area contributed by atoms with E-state index in [1.807, 2.05) is 36.9 Å². The number of anilines is 1. The first-order valence-corrected chi connectivity index (χ1v) is 18.0. The lowest BCUT2D eigenvalue weighted by molar-refractivity contribution is -0.129. The van der Waals surface area contributed by atoms with Crippen LogP contribution in [0.3, 0.4) is 0 Å². The van der Waals surface area contributed by atoms with Gasteiger partial charge in [0, 0.05) is 87.4 Å². The van der Waals surface area contributed by atoms with Crippen molar-refractivity contribution >= 4 is 28.5 Å². The van der Waals surface area contributed by atoms with Crippen LogP contribution < -0.4 is 21.3 Å². The van der Waals surface area contributed by atoms with Crippen molar-refractivity contribution in [1.29, 1.82) is 0 Å². The molecule has 2 bridgehead atoms. The molecule has 3 fully saturated rings. The molecule has 2 atom stereocenters. The van der Waals surface area contributed by atoms with Crippen LogP contribution in [0.1, 0.15) is 61.9 Å². The summed E-state index contributed by atoms with van der Waals surface area (Å²) in [7, 11) is 0. The van der Waals surface area contributed by atoms with Gasteiger partial charge >= 0.3 is 0 Å². The van der Waals surface area contributed by atoms with Gasteiger partial charge in [0.05, 0.1) is 17.3 Å². The molecule has 5 heterocycles. The van der Waals surface area contributed by atoms with Crippen molar-refractivity contribution in [2.24, 2.45) is 0 Å². The van der Waals surface area contributed by atoms with Gasteiger partial charge in [0.1, 0.15) is 12.2 Å². The summed E-state index contributed by atoms with van der Waals surface area (Å²) in [6.07, 6.45) is 5.16. The maximum absolute atomic E-state index is 15.1. The Morgan fingerprint density at radius 3 is 2.60 bits per heavy atom. The summed E-state index contributed by atoms with van der Waals surface area (Å²) >= 11 is 0. The van der Waals surface area contributed by atoms with Crippen LogP contribution in [0.25, 0.3) is 22.2 Å². The van der Waals surface area contributed by atoms with Crippen LogP contribution in [0.5, 0.6) is 0 Å². The Bertz CT molecular complexity index is 1860. The van der Waals surface area contributed by atoms with E-state index in [1.165, 1.54) is 12.5 Å². The van der Waals surface area contributed by atoms with Crippen LogP contribution in [0.4, 0.5) is 10.1 Å². The zero-order chi connectivity index (χ0) is 34.6. The highest BCUT2D eigenvalue weighted by atomic mass is 19.1. The molecule has 2 aromatic heterocycles. The largest absolute Gasteiger partial charge is 0.381 e. The number of halogens is 1. The number of fused-ring (bicyclic) bond motifs is 3. The van der Waals surface area contributed by atoms with Crippen LogP contribution in [-0.4, -0.2) is 75.9 Å². The van der Waals surface area contributed by atoms with Gasteiger partial charge in [-0.2, -0.15) is 5.10 Å². The third kappa shape index (κ3) is 7.52. The van der Waals surface area contributed by atoms with Crippen molar-refractivity contribution in [3.05, 3.63) is 76.9 Å². The molecule has 3 aliphatic heterocycles. The zero-order valence-electron chi connectivity index (χ0n) is 28.9. The molecule has 4 aromatic rings. The second-order valence-corrected chi connectivity index (χ2v) is 13.7. The second kappa shape index (κ2) is 15.2. The van der Waals surface area contributed by atoms with Crippen LogP contribution in [0, 0.1) is 5.82 Å². The number of amides is 2. The Balaban J connectivity index is 0.973. The van der Waals surface area contributed by atoms with E-state index >= 15 is 4.39 Å². The van der Waals surface area contributed by atoms with E-state index in [-0.39, 0.29) is 37.3 Å².